The molecule has 1 atom stereocenters. The second-order valence-corrected chi connectivity index (χ2v) is 2.90. The largest absolute Gasteiger partial charge is 1.00 e. The summed E-state index contributed by atoms with van der Waals surface area (Å²) in [6.45, 7) is 0. The molecule has 0 aliphatic rings. The number of esters is 1. The van der Waals surface area contributed by atoms with Gasteiger partial charge < -0.3 is 10.5 Å². The third-order valence-electron chi connectivity index (χ3n) is 1.14. The van der Waals surface area contributed by atoms with Gasteiger partial charge in [0.15, 0.2) is 0 Å². The van der Waals surface area contributed by atoms with Crippen molar-refractivity contribution in [2.75, 3.05) is 19.1 Å². The topological polar surface area (TPSA) is 52.3 Å². The van der Waals surface area contributed by atoms with Gasteiger partial charge in [-0.25, -0.2) is 0 Å². The van der Waals surface area contributed by atoms with Crippen LogP contribution in [0.2, 0.25) is 0 Å². The van der Waals surface area contributed by atoms with Gasteiger partial charge in [-0.2, -0.15) is 11.8 Å². The minimum absolute atomic E-state index is 0. The van der Waals surface area contributed by atoms with E-state index in [1.165, 1.54) is 7.11 Å². The monoisotopic (exact) mass is 164 g/mol. The van der Waals surface area contributed by atoms with Crippen LogP contribution in [0.3, 0.4) is 0 Å². The van der Waals surface area contributed by atoms with Crippen molar-refractivity contribution in [2.45, 2.75) is 12.5 Å². The van der Waals surface area contributed by atoms with Crippen LogP contribution >= 0.6 is 11.8 Å². The van der Waals surface area contributed by atoms with E-state index in [2.05, 4.69) is 4.74 Å². The molecule has 0 aliphatic heterocycles. The number of carbonyl (C=O) groups excluding carboxylic acids is 1. The average molecular weight is 164 g/mol. The Morgan fingerprint density at radius 1 is 1.90 bits per heavy atom. The molecule has 10 heavy (non-hydrogen) atoms. The van der Waals surface area contributed by atoms with Crippen molar-refractivity contribution in [3.8, 4) is 0 Å². The van der Waals surface area contributed by atoms with Gasteiger partial charge in [-0.3, -0.25) is 4.79 Å². The van der Waals surface area contributed by atoms with Crippen molar-refractivity contribution >= 4 is 17.7 Å². The van der Waals surface area contributed by atoms with E-state index in [0.717, 1.165) is 5.75 Å². The van der Waals surface area contributed by atoms with E-state index in [0.29, 0.717) is 6.42 Å². The maximum absolute atomic E-state index is 10.7. The lowest BCUT2D eigenvalue weighted by atomic mass is 10.2. The van der Waals surface area contributed by atoms with Crippen LogP contribution in [0.4, 0.5) is 0 Å². The second kappa shape index (κ2) is 5.56. The molecule has 3 nitrogen and oxygen atoms in total. The van der Waals surface area contributed by atoms with Crippen LogP contribution in [0.1, 0.15) is 7.85 Å². The van der Waals surface area contributed by atoms with Crippen LogP contribution in [0.25, 0.3) is 0 Å². The number of ether oxygens (including phenoxy) is 1. The normalized spacial score (nSPS) is 12.7. The van der Waals surface area contributed by atoms with Crippen LogP contribution in [-0.4, -0.2) is 31.1 Å². The molecule has 0 aromatic rings. The van der Waals surface area contributed by atoms with Gasteiger partial charge >= 0.3 is 7.40 Å². The Kier molecular flexibility index (Phi) is 5.43. The summed E-state index contributed by atoms with van der Waals surface area (Å²) >= 11 is 1.67. The van der Waals surface area contributed by atoms with Gasteiger partial charge in [0.25, 0.3) is 0 Å². The zero-order valence-corrected chi connectivity index (χ0v) is 7.11. The van der Waals surface area contributed by atoms with Gasteiger partial charge in [-0.15, -0.1) is 0 Å². The van der Waals surface area contributed by atoms with Crippen molar-refractivity contribution in [1.29, 1.82) is 0 Å². The number of methoxy groups -OCH3 is 1. The number of rotatable bonds is 4. The minimum Gasteiger partial charge on any atom is -0.468 e. The lowest BCUT2D eigenvalue weighted by Gasteiger charge is -2.06. The number of hydrogen-bond acceptors (Lipinski definition) is 4. The maximum Gasteiger partial charge on any atom is 1.00 e. The number of thioether (sulfide) groups is 1. The summed E-state index contributed by atoms with van der Waals surface area (Å²) in [4.78, 5) is 10.7. The fourth-order valence-corrected chi connectivity index (χ4v) is 1.00. The molecule has 0 aromatic heterocycles. The fraction of sp³-hybridized carbons (Fsp3) is 0.833. The fourth-order valence-electron chi connectivity index (χ4n) is 0.514. The Bertz CT molecular complexity index is 113. The first kappa shape index (κ1) is 9.78. The van der Waals surface area contributed by atoms with E-state index in [4.69, 9.17) is 5.73 Å². The summed E-state index contributed by atoms with van der Waals surface area (Å²) < 4.78 is 4.44. The van der Waals surface area contributed by atoms with Crippen molar-refractivity contribution in [1.82, 2.24) is 0 Å². The number of nitrogens with two attached hydrogens (primary N) is 1. The molecule has 60 valence electrons. The summed E-state index contributed by atoms with van der Waals surface area (Å²) in [7, 11) is 1.35. The molecule has 0 spiro atoms. The highest BCUT2D eigenvalue weighted by molar-refractivity contribution is 7.98. The van der Waals surface area contributed by atoms with Crippen molar-refractivity contribution in [3.05, 3.63) is 0 Å². The zero-order valence-electron chi connectivity index (χ0n) is 7.29. The van der Waals surface area contributed by atoms with E-state index in [1.54, 1.807) is 11.8 Å². The molecule has 0 saturated carbocycles. The minimum atomic E-state index is -0.447. The lowest BCUT2D eigenvalue weighted by molar-refractivity contribution is -0.142. The second-order valence-electron chi connectivity index (χ2n) is 1.91. The van der Waals surface area contributed by atoms with E-state index in [9.17, 15) is 4.79 Å². The molecule has 2 N–H and O–H groups in total. The molecule has 0 bridgehead atoms. The first-order valence-corrected chi connectivity index (χ1v) is 4.44. The van der Waals surface area contributed by atoms with Crippen molar-refractivity contribution in [3.63, 3.8) is 0 Å². The summed E-state index contributed by atoms with van der Waals surface area (Å²) in [6, 6.07) is -0.447. The van der Waals surface area contributed by atoms with Crippen LogP contribution in [0.5, 0.6) is 0 Å². The van der Waals surface area contributed by atoms with E-state index >= 15 is 0 Å². The molecule has 0 amide bonds. The summed E-state index contributed by atoms with van der Waals surface area (Å²) in [5.41, 5.74) is 5.43. The number of hydrogen-bond donors (Lipinski definition) is 1. The van der Waals surface area contributed by atoms with Gasteiger partial charge in [0, 0.05) is 0 Å². The van der Waals surface area contributed by atoms with Crippen LogP contribution in [-0.2, 0) is 9.53 Å². The van der Waals surface area contributed by atoms with Crippen LogP contribution < -0.4 is 5.73 Å². The third kappa shape index (κ3) is 3.74. The molecule has 0 rings (SSSR count). The predicted octanol–water partition coefficient (Wildman–Crippen LogP) is 0.352. The standard InChI is InChI=1S/C6H13NO2S/c1-9-6(8)5(7)3-4-10-2/h5H,3-4,7H2,1-2H3/p+1/t5-/m1/s1. The Labute approximate surface area is 66.8 Å². The zero-order chi connectivity index (χ0) is 7.98. The van der Waals surface area contributed by atoms with Crippen LogP contribution in [0, 0.1) is 0 Å². The van der Waals surface area contributed by atoms with Crippen LogP contribution in [0.15, 0.2) is 0 Å². The average Bonchev–Trinajstić information content (AvgIpc) is 1.98. The molecule has 0 radical (unpaired) electrons. The Balaban J connectivity index is 0. The van der Waals surface area contributed by atoms with E-state index in [-0.39, 0.29) is 7.40 Å². The summed E-state index contributed by atoms with van der Waals surface area (Å²) in [5.74, 6) is 0.574. The lowest BCUT2D eigenvalue weighted by Crippen LogP contribution is -2.31. The maximum atomic E-state index is 10.7. The van der Waals surface area contributed by atoms with Gasteiger partial charge in [0.1, 0.15) is 6.04 Å². The van der Waals surface area contributed by atoms with Gasteiger partial charge in [0.2, 0.25) is 0 Å². The summed E-state index contributed by atoms with van der Waals surface area (Å²) in [6.07, 6.45) is 2.66. The SMILES string of the molecule is COC(=O)[C@H](N)CCSC.[H+]. The predicted molar refractivity (Wildman–Crippen MR) is 44.1 cm³/mol. The molecule has 0 saturated heterocycles. The quantitative estimate of drug-likeness (QED) is 0.609. The first-order chi connectivity index (χ1) is 4.72. The molecule has 4 heteroatoms. The van der Waals surface area contributed by atoms with Gasteiger partial charge in [-0.05, 0) is 18.4 Å². The third-order valence-corrected chi connectivity index (χ3v) is 1.78. The molecule has 0 heterocycles. The van der Waals surface area contributed by atoms with Gasteiger partial charge in [0.05, 0.1) is 7.11 Å². The van der Waals surface area contributed by atoms with E-state index in [1.807, 2.05) is 6.26 Å². The Hall–Kier alpha value is -0.220. The molecule has 0 aliphatic carbocycles. The number of carbonyl (C=O) groups is 1. The Morgan fingerprint density at radius 3 is 2.90 bits per heavy atom. The highest BCUT2D eigenvalue weighted by Gasteiger charge is 2.11. The van der Waals surface area contributed by atoms with Crippen molar-refractivity contribution < 1.29 is 11.0 Å². The smallest absolute Gasteiger partial charge is 0.468 e. The highest BCUT2D eigenvalue weighted by Crippen LogP contribution is 1.99. The molecule has 0 aromatic carbocycles. The summed E-state index contributed by atoms with van der Waals surface area (Å²) in [5, 5.41) is 0. The van der Waals surface area contributed by atoms with Gasteiger partial charge in [-0.1, -0.05) is 0 Å². The Morgan fingerprint density at radius 2 is 2.50 bits per heavy atom. The molecular weight excluding hydrogens is 150 g/mol. The first-order valence-electron chi connectivity index (χ1n) is 3.04. The molecule has 0 unspecified atom stereocenters. The van der Waals surface area contributed by atoms with Crippen molar-refractivity contribution in [2.24, 2.45) is 5.73 Å². The molecular formula is C6H14NO2S+. The highest BCUT2D eigenvalue weighted by atomic mass is 32.2. The molecule has 0 fully saturated rings. The van der Waals surface area contributed by atoms with E-state index < -0.39 is 6.04 Å².